The van der Waals surface area contributed by atoms with Crippen molar-refractivity contribution < 1.29 is 52.2 Å². The number of carbonyl (C=O) groups excluding carboxylic acids is 2. The quantitative estimate of drug-likeness (QED) is 0.140. The van der Waals surface area contributed by atoms with Crippen LogP contribution in [0.5, 0.6) is 0 Å². The van der Waals surface area contributed by atoms with Gasteiger partial charge in [0.2, 0.25) is 0 Å². The predicted octanol–water partition coefficient (Wildman–Crippen LogP) is 2.36. The van der Waals surface area contributed by atoms with E-state index in [2.05, 4.69) is 5.32 Å². The second-order valence-corrected chi connectivity index (χ2v) is 10.1. The van der Waals surface area contributed by atoms with E-state index >= 15 is 0 Å². The highest BCUT2D eigenvalue weighted by atomic mass is 16.6. The monoisotopic (exact) mass is 553 g/mol. The molecule has 0 radical (unpaired) electrons. The summed E-state index contributed by atoms with van der Waals surface area (Å²) in [5.41, 5.74) is -0.984. The van der Waals surface area contributed by atoms with Gasteiger partial charge in [-0.1, -0.05) is 0 Å². The van der Waals surface area contributed by atoms with Gasteiger partial charge in [0.05, 0.1) is 98.9 Å². The summed E-state index contributed by atoms with van der Waals surface area (Å²) in [6.45, 7) is 17.6. The van der Waals surface area contributed by atoms with Crippen LogP contribution in [-0.4, -0.2) is 122 Å². The summed E-state index contributed by atoms with van der Waals surface area (Å²) in [6.07, 6.45) is -0.224. The van der Waals surface area contributed by atoms with Crippen molar-refractivity contribution in [3.63, 3.8) is 0 Å². The zero-order valence-corrected chi connectivity index (χ0v) is 24.3. The molecular weight excluding hydrogens is 502 g/mol. The molecule has 0 bridgehead atoms. The SMILES string of the molecule is CC(C)(C)OC(=O)CCOCCOCCOCCOCCOCCOCCOCCNC(=O)OC(C)(C)C. The van der Waals surface area contributed by atoms with Gasteiger partial charge in [-0.05, 0) is 41.5 Å². The molecule has 0 saturated heterocycles. The van der Waals surface area contributed by atoms with Crippen molar-refractivity contribution in [2.75, 3.05) is 99.0 Å². The molecule has 0 aliphatic carbocycles. The molecule has 12 nitrogen and oxygen atoms in total. The summed E-state index contributed by atoms with van der Waals surface area (Å²) in [5, 5.41) is 2.62. The molecule has 0 rings (SSSR count). The zero-order valence-electron chi connectivity index (χ0n) is 24.3. The third-order valence-corrected chi connectivity index (χ3v) is 4.02. The highest BCUT2D eigenvalue weighted by Crippen LogP contribution is 2.08. The molecule has 226 valence electrons. The third-order valence-electron chi connectivity index (χ3n) is 4.02. The lowest BCUT2D eigenvalue weighted by Crippen LogP contribution is -2.34. The first-order valence-electron chi connectivity index (χ1n) is 13.2. The Hall–Kier alpha value is -1.54. The van der Waals surface area contributed by atoms with Crippen molar-refractivity contribution in [3.05, 3.63) is 0 Å². The average Bonchev–Trinajstić information content (AvgIpc) is 2.79. The Kier molecular flexibility index (Phi) is 22.4. The Morgan fingerprint density at radius 3 is 1.13 bits per heavy atom. The Labute approximate surface area is 228 Å². The lowest BCUT2D eigenvalue weighted by atomic mass is 10.2. The van der Waals surface area contributed by atoms with Crippen LogP contribution in [0.1, 0.15) is 48.0 Å². The van der Waals surface area contributed by atoms with E-state index in [0.29, 0.717) is 99.0 Å². The van der Waals surface area contributed by atoms with Gasteiger partial charge in [0.1, 0.15) is 11.2 Å². The van der Waals surface area contributed by atoms with Crippen molar-refractivity contribution >= 4 is 12.1 Å². The summed E-state index contributed by atoms with van der Waals surface area (Å²) < 4.78 is 48.1. The molecule has 0 atom stereocenters. The molecule has 0 aromatic carbocycles. The minimum absolute atomic E-state index is 0.230. The summed E-state index contributed by atoms with van der Waals surface area (Å²) in [6, 6.07) is 0. The number of nitrogens with one attached hydrogen (secondary N) is 1. The Bertz CT molecular complexity index is 527. The number of hydrogen-bond acceptors (Lipinski definition) is 11. The first kappa shape index (κ1) is 36.5. The Morgan fingerprint density at radius 1 is 0.474 bits per heavy atom. The number of rotatable bonds is 24. The van der Waals surface area contributed by atoms with Gasteiger partial charge >= 0.3 is 12.1 Å². The van der Waals surface area contributed by atoms with Crippen molar-refractivity contribution in [2.24, 2.45) is 0 Å². The molecule has 0 aliphatic rings. The molecule has 1 N–H and O–H groups in total. The second-order valence-electron chi connectivity index (χ2n) is 10.1. The molecule has 0 unspecified atom stereocenters. The normalized spacial score (nSPS) is 11.9. The first-order chi connectivity index (χ1) is 18.0. The van der Waals surface area contributed by atoms with Gasteiger partial charge in [0, 0.05) is 6.54 Å². The molecule has 38 heavy (non-hydrogen) atoms. The van der Waals surface area contributed by atoms with Gasteiger partial charge in [0.25, 0.3) is 0 Å². The molecule has 0 spiro atoms. The van der Waals surface area contributed by atoms with E-state index in [1.165, 1.54) is 0 Å². The van der Waals surface area contributed by atoms with Crippen molar-refractivity contribution in [1.29, 1.82) is 0 Å². The maximum Gasteiger partial charge on any atom is 0.407 e. The second kappa shape index (κ2) is 23.4. The molecule has 0 saturated carbocycles. The lowest BCUT2D eigenvalue weighted by molar-refractivity contribution is -0.156. The van der Waals surface area contributed by atoms with Gasteiger partial charge < -0.3 is 47.9 Å². The van der Waals surface area contributed by atoms with Crippen molar-refractivity contribution in [3.8, 4) is 0 Å². The van der Waals surface area contributed by atoms with Gasteiger partial charge in [-0.3, -0.25) is 4.79 Å². The maximum atomic E-state index is 11.5. The van der Waals surface area contributed by atoms with E-state index in [1.807, 2.05) is 41.5 Å². The number of alkyl carbamates (subject to hydrolysis) is 1. The lowest BCUT2D eigenvalue weighted by Gasteiger charge is -2.19. The number of carbonyl (C=O) groups is 2. The van der Waals surface area contributed by atoms with Gasteiger partial charge in [0.15, 0.2) is 0 Å². The molecule has 1 amide bonds. The number of hydrogen-bond donors (Lipinski definition) is 1. The van der Waals surface area contributed by atoms with Crippen molar-refractivity contribution in [1.82, 2.24) is 5.32 Å². The highest BCUT2D eigenvalue weighted by molar-refractivity contribution is 5.69. The molecule has 12 heteroatoms. The molecule has 0 aromatic heterocycles. The molecular formula is C26H51NO11. The van der Waals surface area contributed by atoms with Crippen LogP contribution in [0.15, 0.2) is 0 Å². The summed E-state index contributed by atoms with van der Waals surface area (Å²) >= 11 is 0. The van der Waals surface area contributed by atoms with Gasteiger partial charge in [-0.2, -0.15) is 0 Å². The van der Waals surface area contributed by atoms with Crippen LogP contribution in [0.3, 0.4) is 0 Å². The van der Waals surface area contributed by atoms with Crippen LogP contribution in [0.4, 0.5) is 4.79 Å². The summed E-state index contributed by atoms with van der Waals surface area (Å²) in [5.74, 6) is -0.267. The molecule has 0 fully saturated rings. The van der Waals surface area contributed by atoms with Crippen LogP contribution in [0, 0.1) is 0 Å². The standard InChI is InChI=1S/C26H51NO11/c1-25(2,3)37-23(28)7-9-30-11-13-32-15-17-34-19-21-36-22-20-35-18-16-33-14-12-31-10-8-27-24(29)38-26(4,5)6/h7-22H2,1-6H3,(H,27,29). The minimum Gasteiger partial charge on any atom is -0.460 e. The predicted molar refractivity (Wildman–Crippen MR) is 140 cm³/mol. The molecule has 0 aromatic rings. The van der Waals surface area contributed by atoms with E-state index in [9.17, 15) is 9.59 Å². The van der Waals surface area contributed by atoms with Crippen molar-refractivity contribution in [2.45, 2.75) is 59.2 Å². The van der Waals surface area contributed by atoms with E-state index in [4.69, 9.17) is 42.6 Å². The van der Waals surface area contributed by atoms with Crippen LogP contribution >= 0.6 is 0 Å². The van der Waals surface area contributed by atoms with E-state index in [1.54, 1.807) is 0 Å². The summed E-state index contributed by atoms with van der Waals surface area (Å²) in [7, 11) is 0. The van der Waals surface area contributed by atoms with E-state index in [0.717, 1.165) is 0 Å². The van der Waals surface area contributed by atoms with E-state index < -0.39 is 17.3 Å². The van der Waals surface area contributed by atoms with Crippen LogP contribution in [0.2, 0.25) is 0 Å². The molecule has 0 aliphatic heterocycles. The number of amides is 1. The first-order valence-corrected chi connectivity index (χ1v) is 13.2. The number of esters is 1. The summed E-state index contributed by atoms with van der Waals surface area (Å²) in [4.78, 5) is 23.0. The molecule has 0 heterocycles. The Morgan fingerprint density at radius 2 is 0.789 bits per heavy atom. The van der Waals surface area contributed by atoms with Gasteiger partial charge in [-0.15, -0.1) is 0 Å². The third kappa shape index (κ3) is 30.7. The van der Waals surface area contributed by atoms with Crippen LogP contribution < -0.4 is 5.32 Å². The Balaban J connectivity index is 3.18. The highest BCUT2D eigenvalue weighted by Gasteiger charge is 2.16. The largest absolute Gasteiger partial charge is 0.460 e. The fourth-order valence-corrected chi connectivity index (χ4v) is 2.51. The zero-order chi connectivity index (χ0) is 28.5. The fraction of sp³-hybridized carbons (Fsp3) is 0.923. The van der Waals surface area contributed by atoms with Crippen LogP contribution in [0.25, 0.3) is 0 Å². The minimum atomic E-state index is -0.511. The number of ether oxygens (including phenoxy) is 9. The average molecular weight is 554 g/mol. The fourth-order valence-electron chi connectivity index (χ4n) is 2.51. The van der Waals surface area contributed by atoms with Gasteiger partial charge in [-0.25, -0.2) is 4.79 Å². The smallest absolute Gasteiger partial charge is 0.407 e. The maximum absolute atomic E-state index is 11.5. The topological polar surface area (TPSA) is 129 Å². The van der Waals surface area contributed by atoms with E-state index in [-0.39, 0.29) is 12.4 Å². The van der Waals surface area contributed by atoms with Crippen LogP contribution in [-0.2, 0) is 47.4 Å².